The first-order chi connectivity index (χ1) is 7.74. The van der Waals surface area contributed by atoms with Crippen molar-refractivity contribution in [2.24, 2.45) is 5.73 Å². The molecule has 1 aliphatic carbocycles. The summed E-state index contributed by atoms with van der Waals surface area (Å²) in [6, 6.07) is 6.81. The van der Waals surface area contributed by atoms with Gasteiger partial charge in [0.05, 0.1) is 0 Å². The largest absolute Gasteiger partial charge is 0.371 e. The smallest absolute Gasteiger partial charge is 0.0459 e. The lowest BCUT2D eigenvalue weighted by Gasteiger charge is -2.37. The summed E-state index contributed by atoms with van der Waals surface area (Å²) < 4.78 is 0. The molecule has 1 aliphatic rings. The molecule has 0 radical (unpaired) electrons. The molecule has 16 heavy (non-hydrogen) atoms. The van der Waals surface area contributed by atoms with E-state index >= 15 is 0 Å². The Hall–Kier alpha value is -0.730. The van der Waals surface area contributed by atoms with Crippen molar-refractivity contribution in [2.75, 3.05) is 18.5 Å². The van der Waals surface area contributed by atoms with Gasteiger partial charge < -0.3 is 10.6 Å². The predicted molar refractivity (Wildman–Crippen MR) is 70.3 cm³/mol. The fraction of sp³-hybridized carbons (Fsp3) is 0.538. The van der Waals surface area contributed by atoms with Crippen LogP contribution >= 0.6 is 11.6 Å². The van der Waals surface area contributed by atoms with Gasteiger partial charge in [0.1, 0.15) is 0 Å². The van der Waals surface area contributed by atoms with Crippen LogP contribution in [0.2, 0.25) is 5.02 Å². The molecule has 0 aliphatic heterocycles. The standard InChI is InChI=1S/C13H19ClN2/c1-16(10-4-2-5-10)13-7-3-6-12(14)11(13)8-9-15/h3,6-7,10H,2,4-5,8-9,15H2,1H3. The number of nitrogens with two attached hydrogens (primary N) is 1. The quantitative estimate of drug-likeness (QED) is 0.874. The van der Waals surface area contributed by atoms with E-state index in [9.17, 15) is 0 Å². The number of halogens is 1. The summed E-state index contributed by atoms with van der Waals surface area (Å²) >= 11 is 6.24. The first kappa shape index (κ1) is 11.7. The highest BCUT2D eigenvalue weighted by Gasteiger charge is 2.24. The van der Waals surface area contributed by atoms with Crippen LogP contribution in [0.25, 0.3) is 0 Å². The van der Waals surface area contributed by atoms with Crippen molar-refractivity contribution in [1.82, 2.24) is 0 Å². The van der Waals surface area contributed by atoms with Crippen LogP contribution in [0, 0.1) is 0 Å². The molecule has 2 nitrogen and oxygen atoms in total. The summed E-state index contributed by atoms with van der Waals surface area (Å²) in [4.78, 5) is 2.36. The van der Waals surface area contributed by atoms with E-state index in [4.69, 9.17) is 17.3 Å². The van der Waals surface area contributed by atoms with Crippen molar-refractivity contribution in [3.8, 4) is 0 Å². The zero-order valence-corrected chi connectivity index (χ0v) is 10.5. The molecule has 0 unspecified atom stereocenters. The van der Waals surface area contributed by atoms with Gasteiger partial charge in [-0.2, -0.15) is 0 Å². The Bertz CT molecular complexity index is 361. The molecule has 0 amide bonds. The Morgan fingerprint density at radius 1 is 1.44 bits per heavy atom. The van der Waals surface area contributed by atoms with E-state index in [1.54, 1.807) is 0 Å². The molecule has 0 saturated heterocycles. The lowest BCUT2D eigenvalue weighted by Crippen LogP contribution is -2.37. The maximum absolute atomic E-state index is 6.24. The Balaban J connectivity index is 2.27. The monoisotopic (exact) mass is 238 g/mol. The molecule has 2 N–H and O–H groups in total. The van der Waals surface area contributed by atoms with Crippen LogP contribution in [0.4, 0.5) is 5.69 Å². The third-order valence-corrected chi connectivity index (χ3v) is 3.84. The molecule has 0 spiro atoms. The van der Waals surface area contributed by atoms with Crippen molar-refractivity contribution in [3.63, 3.8) is 0 Å². The molecule has 1 fully saturated rings. The van der Waals surface area contributed by atoms with Crippen LogP contribution in [-0.2, 0) is 6.42 Å². The van der Waals surface area contributed by atoms with Crippen LogP contribution in [-0.4, -0.2) is 19.6 Å². The van der Waals surface area contributed by atoms with Crippen LogP contribution in [0.5, 0.6) is 0 Å². The fourth-order valence-corrected chi connectivity index (χ4v) is 2.50. The summed E-state index contributed by atoms with van der Waals surface area (Å²) in [7, 11) is 2.16. The van der Waals surface area contributed by atoms with Gasteiger partial charge in [0.25, 0.3) is 0 Å². The van der Waals surface area contributed by atoms with Crippen LogP contribution in [0.15, 0.2) is 18.2 Å². The summed E-state index contributed by atoms with van der Waals surface area (Å²) in [6.07, 6.45) is 4.80. The van der Waals surface area contributed by atoms with Gasteiger partial charge in [0.2, 0.25) is 0 Å². The van der Waals surface area contributed by atoms with E-state index < -0.39 is 0 Å². The molecule has 3 heteroatoms. The molecule has 0 aromatic heterocycles. The van der Waals surface area contributed by atoms with Gasteiger partial charge in [-0.15, -0.1) is 0 Å². The maximum atomic E-state index is 6.24. The van der Waals surface area contributed by atoms with E-state index in [0.717, 1.165) is 11.4 Å². The molecule has 2 rings (SSSR count). The normalized spacial score (nSPS) is 15.9. The highest BCUT2D eigenvalue weighted by molar-refractivity contribution is 6.31. The third-order valence-electron chi connectivity index (χ3n) is 3.49. The maximum Gasteiger partial charge on any atom is 0.0459 e. The predicted octanol–water partition coefficient (Wildman–Crippen LogP) is 2.83. The third kappa shape index (κ3) is 2.18. The van der Waals surface area contributed by atoms with Gasteiger partial charge in [-0.1, -0.05) is 17.7 Å². The second-order valence-corrected chi connectivity index (χ2v) is 4.88. The van der Waals surface area contributed by atoms with Crippen LogP contribution in [0.1, 0.15) is 24.8 Å². The molecule has 88 valence electrons. The first-order valence-corrected chi connectivity index (χ1v) is 6.32. The van der Waals surface area contributed by atoms with E-state index in [1.165, 1.54) is 30.5 Å². The number of nitrogens with zero attached hydrogens (tertiary/aromatic N) is 1. The number of hydrogen-bond acceptors (Lipinski definition) is 2. The van der Waals surface area contributed by atoms with Crippen molar-refractivity contribution in [3.05, 3.63) is 28.8 Å². The molecule has 0 bridgehead atoms. The Labute approximate surface area is 102 Å². The molecule has 0 heterocycles. The second kappa shape index (κ2) is 5.07. The van der Waals surface area contributed by atoms with Crippen molar-refractivity contribution >= 4 is 17.3 Å². The van der Waals surface area contributed by atoms with E-state index in [0.29, 0.717) is 12.6 Å². The number of hydrogen-bond donors (Lipinski definition) is 1. The van der Waals surface area contributed by atoms with Crippen LogP contribution in [0.3, 0.4) is 0 Å². The van der Waals surface area contributed by atoms with Gasteiger partial charge in [-0.05, 0) is 49.9 Å². The highest BCUT2D eigenvalue weighted by atomic mass is 35.5. The zero-order chi connectivity index (χ0) is 11.5. The van der Waals surface area contributed by atoms with Gasteiger partial charge in [0, 0.05) is 23.8 Å². The lowest BCUT2D eigenvalue weighted by atomic mass is 9.91. The topological polar surface area (TPSA) is 29.3 Å². The summed E-state index contributed by atoms with van der Waals surface area (Å²) in [6.45, 7) is 0.648. The first-order valence-electron chi connectivity index (χ1n) is 5.94. The molecule has 0 atom stereocenters. The van der Waals surface area contributed by atoms with Gasteiger partial charge in [-0.3, -0.25) is 0 Å². The molecular weight excluding hydrogens is 220 g/mol. The minimum Gasteiger partial charge on any atom is -0.371 e. The average molecular weight is 239 g/mol. The molecule has 1 aromatic carbocycles. The van der Waals surface area contributed by atoms with Crippen molar-refractivity contribution < 1.29 is 0 Å². The zero-order valence-electron chi connectivity index (χ0n) is 9.75. The van der Waals surface area contributed by atoms with Gasteiger partial charge >= 0.3 is 0 Å². The van der Waals surface area contributed by atoms with Gasteiger partial charge in [-0.25, -0.2) is 0 Å². The number of rotatable bonds is 4. The highest BCUT2D eigenvalue weighted by Crippen LogP contribution is 2.33. The van der Waals surface area contributed by atoms with Crippen LogP contribution < -0.4 is 10.6 Å². The second-order valence-electron chi connectivity index (χ2n) is 4.47. The summed E-state index contributed by atoms with van der Waals surface area (Å²) in [5.74, 6) is 0. The molecule has 1 saturated carbocycles. The minimum atomic E-state index is 0.648. The molecular formula is C13H19ClN2. The SMILES string of the molecule is CN(c1cccc(Cl)c1CCN)C1CCC1. The van der Waals surface area contributed by atoms with E-state index in [2.05, 4.69) is 18.0 Å². The van der Waals surface area contributed by atoms with Crippen molar-refractivity contribution in [2.45, 2.75) is 31.7 Å². The van der Waals surface area contributed by atoms with E-state index in [-0.39, 0.29) is 0 Å². The molecule has 1 aromatic rings. The summed E-state index contributed by atoms with van der Waals surface area (Å²) in [5.41, 5.74) is 8.09. The minimum absolute atomic E-state index is 0.648. The van der Waals surface area contributed by atoms with Gasteiger partial charge in [0.15, 0.2) is 0 Å². The Morgan fingerprint density at radius 2 is 2.19 bits per heavy atom. The number of benzene rings is 1. The number of anilines is 1. The fourth-order valence-electron chi connectivity index (χ4n) is 2.24. The average Bonchev–Trinajstić information content (AvgIpc) is 2.18. The lowest BCUT2D eigenvalue weighted by molar-refractivity contribution is 0.400. The van der Waals surface area contributed by atoms with Crippen molar-refractivity contribution in [1.29, 1.82) is 0 Å². The summed E-state index contributed by atoms with van der Waals surface area (Å²) in [5, 5.41) is 0.842. The van der Waals surface area contributed by atoms with E-state index in [1.807, 2.05) is 12.1 Å². The Morgan fingerprint density at radius 3 is 2.75 bits per heavy atom. The Kier molecular flexibility index (Phi) is 3.72.